The summed E-state index contributed by atoms with van der Waals surface area (Å²) in [6, 6.07) is -0.602. The number of hydrogen-bond donors (Lipinski definition) is 6. The van der Waals surface area contributed by atoms with Crippen LogP contribution < -0.4 is 20.4 Å². The molecule has 1 saturated heterocycles. The Morgan fingerprint density at radius 1 is 1.03 bits per heavy atom. The monoisotopic (exact) mass is 515 g/mol. The number of carbonyl (C=O) groups is 2. The molecule has 0 spiro atoms. The molecule has 1 fully saturated rings. The second kappa shape index (κ2) is 15.7. The highest BCUT2D eigenvalue weighted by Crippen LogP contribution is 2.37. The molecule has 0 aromatic rings. The third-order valence-corrected chi connectivity index (χ3v) is 5.96. The maximum absolute atomic E-state index is 11.9. The summed E-state index contributed by atoms with van der Waals surface area (Å²) in [5.74, 6) is -0.838. The van der Waals surface area contributed by atoms with E-state index in [9.17, 15) is 34.4 Å². The number of quaternary nitrogens is 1. The first kappa shape index (κ1) is 30.8. The van der Waals surface area contributed by atoms with Crippen molar-refractivity contribution in [2.75, 3.05) is 53.6 Å². The number of carbonyl (C=O) groups excluding carboxylic acids is 2. The number of likely N-dealkylation sites (N-methyl/N-ethyl adjacent to an activating group) is 1. The van der Waals surface area contributed by atoms with E-state index in [-0.39, 0.29) is 45.8 Å². The number of phosphoric ester groups is 1. The normalized spacial score (nSPS) is 26.8. The van der Waals surface area contributed by atoms with Crippen LogP contribution in [0.3, 0.4) is 0 Å². The van der Waals surface area contributed by atoms with Gasteiger partial charge in [-0.2, -0.15) is 0 Å². The molecule has 14 nitrogen and oxygen atoms in total. The molecule has 1 rings (SSSR count). The van der Waals surface area contributed by atoms with E-state index >= 15 is 0 Å². The summed E-state index contributed by atoms with van der Waals surface area (Å²) in [5, 5.41) is 34.7. The van der Waals surface area contributed by atoms with E-state index in [0.717, 1.165) is 4.90 Å². The molecule has 0 aliphatic carbocycles. The van der Waals surface area contributed by atoms with Gasteiger partial charge in [0.15, 0.2) is 6.04 Å². The zero-order valence-corrected chi connectivity index (χ0v) is 20.7. The quantitative estimate of drug-likeness (QED) is 0.0862. The smallest absolute Gasteiger partial charge is 0.267 e. The average molecular weight is 515 g/mol. The number of nitrogens with one attached hydrogen (secondary N) is 3. The Labute approximate surface area is 199 Å². The van der Waals surface area contributed by atoms with E-state index < -0.39 is 56.9 Å². The predicted octanol–water partition coefficient (Wildman–Crippen LogP) is -4.12. The van der Waals surface area contributed by atoms with Crippen molar-refractivity contribution >= 4 is 19.6 Å². The number of hydrogen-bond acceptors (Lipinski definition) is 11. The summed E-state index contributed by atoms with van der Waals surface area (Å²) in [4.78, 5) is 35.8. The summed E-state index contributed by atoms with van der Waals surface area (Å²) in [6.45, 7) is 1.11. The number of aliphatic hydroxyl groups excluding tert-OH is 3. The van der Waals surface area contributed by atoms with Crippen molar-refractivity contribution in [3.05, 3.63) is 0 Å². The third kappa shape index (κ3) is 11.0. The van der Waals surface area contributed by atoms with E-state index in [0.29, 0.717) is 6.42 Å². The van der Waals surface area contributed by atoms with Gasteiger partial charge in [-0.1, -0.05) is 6.92 Å². The second-order valence-electron chi connectivity index (χ2n) is 7.99. The minimum absolute atomic E-state index is 0.0203. The zero-order valence-electron chi connectivity index (χ0n) is 19.8. The minimum Gasteiger partial charge on any atom is -0.756 e. The van der Waals surface area contributed by atoms with Crippen molar-refractivity contribution in [3.8, 4) is 0 Å². The predicted molar refractivity (Wildman–Crippen MR) is 115 cm³/mol. The van der Waals surface area contributed by atoms with Gasteiger partial charge in [0.2, 0.25) is 18.1 Å². The van der Waals surface area contributed by atoms with Crippen molar-refractivity contribution in [2.45, 2.75) is 56.8 Å². The van der Waals surface area contributed by atoms with Crippen LogP contribution in [0.15, 0.2) is 0 Å². The summed E-state index contributed by atoms with van der Waals surface area (Å²) < 4.78 is 31.6. The first-order valence-electron chi connectivity index (χ1n) is 11.2. The Morgan fingerprint density at radius 3 is 2.12 bits per heavy atom. The molecule has 34 heavy (non-hydrogen) atoms. The zero-order chi connectivity index (χ0) is 25.7. The van der Waals surface area contributed by atoms with Crippen LogP contribution in [0.5, 0.6) is 0 Å². The summed E-state index contributed by atoms with van der Waals surface area (Å²) >= 11 is 0. The molecular weight excluding hydrogens is 477 g/mol. The molecule has 2 amide bonds. The lowest BCUT2D eigenvalue weighted by molar-refractivity contribution is -0.900. The minimum atomic E-state index is -4.37. The number of aliphatic hydroxyl groups is 3. The van der Waals surface area contributed by atoms with E-state index in [1.54, 1.807) is 21.0 Å². The molecule has 0 aromatic carbocycles. The first-order chi connectivity index (χ1) is 16.0. The van der Waals surface area contributed by atoms with Crippen LogP contribution in [0.4, 0.5) is 0 Å². The fourth-order valence-corrected chi connectivity index (χ4v) is 3.99. The lowest BCUT2D eigenvalue weighted by Gasteiger charge is -2.42. The van der Waals surface area contributed by atoms with Crippen molar-refractivity contribution in [1.29, 1.82) is 0 Å². The van der Waals surface area contributed by atoms with Crippen LogP contribution in [-0.2, 0) is 32.7 Å². The Kier molecular flexibility index (Phi) is 14.3. The fraction of sp³-hybridized carbons (Fsp3) is 0.895. The largest absolute Gasteiger partial charge is 0.756 e. The van der Waals surface area contributed by atoms with E-state index in [2.05, 4.69) is 19.7 Å². The lowest BCUT2D eigenvalue weighted by Crippen LogP contribution is -3.14. The SMILES string of the molecule is CCCOP(=O)([O-])OCCNC(=O)CCC(=O)NCCO[C@@H]1O[C@H](CO)[C@@H](O)[C@H](O)[C@H]1[NH+](C)C. The van der Waals surface area contributed by atoms with Crippen LogP contribution in [-0.4, -0.2) is 111 Å². The van der Waals surface area contributed by atoms with Crippen LogP contribution in [0.2, 0.25) is 0 Å². The molecule has 0 saturated carbocycles. The van der Waals surface area contributed by atoms with Gasteiger partial charge in [0, 0.05) is 25.9 Å². The molecular formula is C19H38N3O11P. The maximum atomic E-state index is 11.9. The summed E-state index contributed by atoms with van der Waals surface area (Å²) in [7, 11) is -0.850. The molecule has 1 heterocycles. The van der Waals surface area contributed by atoms with Gasteiger partial charge in [0.1, 0.15) is 18.3 Å². The van der Waals surface area contributed by atoms with Gasteiger partial charge in [0.25, 0.3) is 7.82 Å². The number of amides is 2. The van der Waals surface area contributed by atoms with Crippen molar-refractivity contribution in [2.24, 2.45) is 0 Å². The first-order valence-corrected chi connectivity index (χ1v) is 12.7. The molecule has 200 valence electrons. The fourth-order valence-electron chi connectivity index (χ4n) is 3.20. The van der Waals surface area contributed by atoms with Crippen LogP contribution in [0, 0.1) is 0 Å². The van der Waals surface area contributed by atoms with Gasteiger partial charge < -0.3 is 54.3 Å². The van der Waals surface area contributed by atoms with E-state index in [4.69, 9.17) is 9.47 Å². The van der Waals surface area contributed by atoms with Crippen molar-refractivity contribution in [1.82, 2.24) is 10.6 Å². The van der Waals surface area contributed by atoms with Crippen LogP contribution in [0.25, 0.3) is 0 Å². The summed E-state index contributed by atoms with van der Waals surface area (Å²) in [5.41, 5.74) is 0. The maximum Gasteiger partial charge on any atom is 0.267 e. The highest BCUT2D eigenvalue weighted by Gasteiger charge is 2.48. The lowest BCUT2D eigenvalue weighted by atomic mass is 9.96. The van der Waals surface area contributed by atoms with Crippen molar-refractivity contribution in [3.63, 3.8) is 0 Å². The molecule has 0 bridgehead atoms. The Balaban J connectivity index is 2.24. The molecule has 0 radical (unpaired) electrons. The van der Waals surface area contributed by atoms with Gasteiger partial charge in [-0.3, -0.25) is 14.2 Å². The molecule has 15 heteroatoms. The standard InChI is InChI=1S/C19H38N3O11P/c1-4-9-31-34(28,29)32-11-8-21-15(25)6-5-14(24)20-7-10-30-19-16(22(2)3)18(27)17(26)13(12-23)33-19/h13,16-19,23,26-27H,4-12H2,1-3H3,(H,20,24)(H,21,25)(H,28,29)/t13-,16-,17-,18-,19-/m1/s1. The van der Waals surface area contributed by atoms with Crippen LogP contribution in [0.1, 0.15) is 26.2 Å². The van der Waals surface area contributed by atoms with Crippen molar-refractivity contribution < 1.29 is 57.8 Å². The molecule has 1 aliphatic heterocycles. The second-order valence-corrected chi connectivity index (χ2v) is 9.41. The topological polar surface area (TPSA) is 200 Å². The number of phosphoric acid groups is 1. The molecule has 0 aromatic heterocycles. The van der Waals surface area contributed by atoms with E-state index in [1.165, 1.54) is 0 Å². The molecule has 6 atom stereocenters. The Morgan fingerprint density at radius 2 is 1.59 bits per heavy atom. The highest BCUT2D eigenvalue weighted by atomic mass is 31.2. The molecule has 1 unspecified atom stereocenters. The number of rotatable bonds is 16. The van der Waals surface area contributed by atoms with Gasteiger partial charge in [0.05, 0.1) is 40.5 Å². The molecule has 1 aliphatic rings. The molecule has 6 N–H and O–H groups in total. The number of ether oxygens (including phenoxy) is 2. The van der Waals surface area contributed by atoms with Gasteiger partial charge >= 0.3 is 0 Å². The van der Waals surface area contributed by atoms with Gasteiger partial charge in [-0.15, -0.1) is 0 Å². The highest BCUT2D eigenvalue weighted by molar-refractivity contribution is 7.45. The van der Waals surface area contributed by atoms with Gasteiger partial charge in [-0.25, -0.2) is 0 Å². The summed E-state index contributed by atoms with van der Waals surface area (Å²) in [6.07, 6.45) is -3.97. The third-order valence-electron chi connectivity index (χ3n) is 4.96. The van der Waals surface area contributed by atoms with Crippen LogP contribution >= 0.6 is 7.82 Å². The van der Waals surface area contributed by atoms with E-state index in [1.807, 2.05) is 0 Å². The Hall–Kier alpha value is -1.19. The van der Waals surface area contributed by atoms with Gasteiger partial charge in [-0.05, 0) is 6.42 Å². The Bertz CT molecular complexity index is 669. The average Bonchev–Trinajstić information content (AvgIpc) is 2.78.